The number of rotatable bonds is 3. The molecule has 0 aliphatic carbocycles. The molecule has 2 atom stereocenters. The van der Waals surface area contributed by atoms with Gasteiger partial charge in [0.05, 0.1) is 11.6 Å². The Bertz CT molecular complexity index is 218. The Morgan fingerprint density at radius 3 is 2.79 bits per heavy atom. The van der Waals surface area contributed by atoms with Crippen LogP contribution in [-0.4, -0.2) is 40.6 Å². The van der Waals surface area contributed by atoms with E-state index in [9.17, 15) is 9.90 Å². The van der Waals surface area contributed by atoms with E-state index in [2.05, 4.69) is 5.43 Å². The normalized spacial score (nSPS) is 30.3. The number of hydrazine groups is 1. The van der Waals surface area contributed by atoms with E-state index >= 15 is 0 Å². The summed E-state index contributed by atoms with van der Waals surface area (Å²) in [6, 6.07) is -0.214. The Morgan fingerprint density at radius 1 is 1.79 bits per heavy atom. The Labute approximate surface area is 84.2 Å². The maximum atomic E-state index is 11.4. The van der Waals surface area contributed by atoms with Crippen LogP contribution in [0.25, 0.3) is 0 Å². The highest BCUT2D eigenvalue weighted by atomic mass is 16.3. The van der Waals surface area contributed by atoms with Crippen LogP contribution in [0.3, 0.4) is 0 Å². The third kappa shape index (κ3) is 2.43. The van der Waals surface area contributed by atoms with Crippen LogP contribution in [0.5, 0.6) is 0 Å². The molecule has 5 heteroatoms. The summed E-state index contributed by atoms with van der Waals surface area (Å²) in [7, 11) is 0. The molecule has 0 aromatic heterocycles. The van der Waals surface area contributed by atoms with Crippen molar-refractivity contribution in [3.8, 4) is 0 Å². The minimum absolute atomic E-state index is 0.176. The zero-order valence-electron chi connectivity index (χ0n) is 8.79. The van der Waals surface area contributed by atoms with Gasteiger partial charge < -0.3 is 5.11 Å². The molecule has 4 N–H and O–H groups in total. The van der Waals surface area contributed by atoms with Crippen LogP contribution in [0.2, 0.25) is 0 Å². The summed E-state index contributed by atoms with van der Waals surface area (Å²) in [6.07, 6.45) is 1.42. The van der Waals surface area contributed by atoms with Crippen molar-refractivity contribution in [2.45, 2.75) is 38.3 Å². The molecule has 1 heterocycles. The number of carbonyl (C=O) groups excluding carboxylic acids is 1. The molecule has 1 amide bonds. The van der Waals surface area contributed by atoms with Crippen molar-refractivity contribution >= 4 is 5.91 Å². The quantitative estimate of drug-likeness (QED) is 0.318. The minimum atomic E-state index is -0.664. The first-order valence-corrected chi connectivity index (χ1v) is 4.97. The lowest BCUT2D eigenvalue weighted by Gasteiger charge is -2.25. The number of hydrogen-bond acceptors (Lipinski definition) is 4. The molecule has 2 unspecified atom stereocenters. The summed E-state index contributed by atoms with van der Waals surface area (Å²) < 4.78 is 0. The highest BCUT2D eigenvalue weighted by Gasteiger charge is 2.36. The molecule has 0 aromatic carbocycles. The van der Waals surface area contributed by atoms with E-state index in [1.807, 2.05) is 11.8 Å². The molecule has 1 fully saturated rings. The van der Waals surface area contributed by atoms with E-state index in [0.29, 0.717) is 19.4 Å². The molecule has 82 valence electrons. The number of β-amino-alcohol motifs (C(OH)–C–C–N with tert-alkyl or cyclic N) is 1. The van der Waals surface area contributed by atoms with E-state index in [1.54, 1.807) is 6.92 Å². The van der Waals surface area contributed by atoms with Crippen LogP contribution >= 0.6 is 0 Å². The van der Waals surface area contributed by atoms with Crippen LogP contribution in [0.1, 0.15) is 26.7 Å². The third-order valence-electron chi connectivity index (χ3n) is 2.75. The van der Waals surface area contributed by atoms with Crippen LogP contribution in [0, 0.1) is 0 Å². The highest BCUT2D eigenvalue weighted by molar-refractivity contribution is 5.81. The second kappa shape index (κ2) is 4.25. The summed E-state index contributed by atoms with van der Waals surface area (Å²) in [5, 5.41) is 9.76. The molecule has 1 aliphatic heterocycles. The molecule has 0 spiro atoms. The number of nitrogens with zero attached hydrogens (tertiary/aromatic N) is 1. The van der Waals surface area contributed by atoms with Crippen molar-refractivity contribution in [1.29, 1.82) is 0 Å². The van der Waals surface area contributed by atoms with Gasteiger partial charge in [-0.3, -0.25) is 15.1 Å². The molecule has 0 bridgehead atoms. The number of nitrogens with one attached hydrogen (secondary N) is 1. The van der Waals surface area contributed by atoms with Gasteiger partial charge in [-0.25, -0.2) is 5.84 Å². The fourth-order valence-corrected chi connectivity index (χ4v) is 1.95. The average Bonchev–Trinajstić information content (AvgIpc) is 2.47. The lowest BCUT2D eigenvalue weighted by molar-refractivity contribution is -0.126. The van der Waals surface area contributed by atoms with Crippen molar-refractivity contribution in [2.24, 2.45) is 5.84 Å². The molecule has 0 aromatic rings. The molecular weight excluding hydrogens is 182 g/mol. The smallest absolute Gasteiger partial charge is 0.251 e. The van der Waals surface area contributed by atoms with Gasteiger partial charge in [-0.1, -0.05) is 6.92 Å². The van der Waals surface area contributed by atoms with Crippen LogP contribution < -0.4 is 11.3 Å². The first kappa shape index (κ1) is 11.4. The Hall–Kier alpha value is -0.650. The van der Waals surface area contributed by atoms with Gasteiger partial charge in [-0.2, -0.15) is 0 Å². The molecule has 1 aliphatic rings. The second-order valence-corrected chi connectivity index (χ2v) is 4.15. The van der Waals surface area contributed by atoms with Gasteiger partial charge in [0.2, 0.25) is 0 Å². The lowest BCUT2D eigenvalue weighted by atomic mass is 10.1. The topological polar surface area (TPSA) is 78.6 Å². The molecule has 0 radical (unpaired) electrons. The maximum absolute atomic E-state index is 11.4. The predicted octanol–water partition coefficient (Wildman–Crippen LogP) is -0.788. The number of nitrogens with two attached hydrogens (primary N) is 1. The van der Waals surface area contributed by atoms with E-state index in [1.165, 1.54) is 0 Å². The van der Waals surface area contributed by atoms with Gasteiger partial charge in [0, 0.05) is 13.1 Å². The first-order chi connectivity index (χ1) is 6.50. The standard InChI is InChI=1S/C9H19N3O2/c1-3-7(8(13)11-10)12-5-4-9(2,14)6-12/h7,14H,3-6,10H2,1-2H3,(H,11,13). The van der Waals surface area contributed by atoms with E-state index in [4.69, 9.17) is 5.84 Å². The van der Waals surface area contributed by atoms with Crippen LogP contribution in [0.4, 0.5) is 0 Å². The molecule has 1 rings (SSSR count). The van der Waals surface area contributed by atoms with E-state index in [-0.39, 0.29) is 11.9 Å². The van der Waals surface area contributed by atoms with Crippen molar-refractivity contribution < 1.29 is 9.90 Å². The average molecular weight is 201 g/mol. The second-order valence-electron chi connectivity index (χ2n) is 4.15. The monoisotopic (exact) mass is 201 g/mol. The van der Waals surface area contributed by atoms with Gasteiger partial charge in [0.25, 0.3) is 5.91 Å². The summed E-state index contributed by atoms with van der Waals surface area (Å²) >= 11 is 0. The first-order valence-electron chi connectivity index (χ1n) is 4.97. The predicted molar refractivity (Wildman–Crippen MR) is 53.2 cm³/mol. The van der Waals surface area contributed by atoms with Crippen molar-refractivity contribution in [1.82, 2.24) is 10.3 Å². The Morgan fingerprint density at radius 2 is 2.43 bits per heavy atom. The largest absolute Gasteiger partial charge is 0.389 e. The number of carbonyl (C=O) groups is 1. The molecule has 0 saturated carbocycles. The number of aliphatic hydroxyl groups is 1. The molecule has 14 heavy (non-hydrogen) atoms. The van der Waals surface area contributed by atoms with E-state index < -0.39 is 5.60 Å². The molecule has 5 nitrogen and oxygen atoms in total. The zero-order chi connectivity index (χ0) is 10.8. The van der Waals surface area contributed by atoms with Gasteiger partial charge in [0.1, 0.15) is 0 Å². The summed E-state index contributed by atoms with van der Waals surface area (Å²) in [5.41, 5.74) is 1.49. The summed E-state index contributed by atoms with van der Waals surface area (Å²) in [6.45, 7) is 5.02. The van der Waals surface area contributed by atoms with Crippen LogP contribution in [-0.2, 0) is 4.79 Å². The lowest BCUT2D eigenvalue weighted by Crippen LogP contribution is -2.48. The fourth-order valence-electron chi connectivity index (χ4n) is 1.95. The summed E-state index contributed by atoms with van der Waals surface area (Å²) in [5.74, 6) is 4.92. The fraction of sp³-hybridized carbons (Fsp3) is 0.889. The SMILES string of the molecule is CCC(C(=O)NN)N1CCC(C)(O)C1. The summed E-state index contributed by atoms with van der Waals surface area (Å²) in [4.78, 5) is 13.4. The minimum Gasteiger partial charge on any atom is -0.389 e. The molecule has 1 saturated heterocycles. The molecular formula is C9H19N3O2. The highest BCUT2D eigenvalue weighted by Crippen LogP contribution is 2.23. The van der Waals surface area contributed by atoms with Crippen molar-refractivity contribution in [3.05, 3.63) is 0 Å². The van der Waals surface area contributed by atoms with Crippen LogP contribution in [0.15, 0.2) is 0 Å². The van der Waals surface area contributed by atoms with Crippen molar-refractivity contribution in [3.63, 3.8) is 0 Å². The van der Waals surface area contributed by atoms with Gasteiger partial charge in [-0.15, -0.1) is 0 Å². The zero-order valence-corrected chi connectivity index (χ0v) is 8.79. The van der Waals surface area contributed by atoms with E-state index in [0.717, 1.165) is 6.54 Å². The third-order valence-corrected chi connectivity index (χ3v) is 2.75. The maximum Gasteiger partial charge on any atom is 0.251 e. The van der Waals surface area contributed by atoms with Gasteiger partial charge >= 0.3 is 0 Å². The Kier molecular flexibility index (Phi) is 3.47. The van der Waals surface area contributed by atoms with Crippen molar-refractivity contribution in [2.75, 3.05) is 13.1 Å². The Balaban J connectivity index is 2.59. The van der Waals surface area contributed by atoms with Gasteiger partial charge in [-0.05, 0) is 19.8 Å². The number of likely N-dealkylation sites (tertiary alicyclic amines) is 1. The number of amides is 1. The number of hydrogen-bond donors (Lipinski definition) is 3. The van der Waals surface area contributed by atoms with Gasteiger partial charge in [0.15, 0.2) is 0 Å².